The fraction of sp³-hybridized carbons (Fsp3) is 0.520. The third-order valence-corrected chi connectivity index (χ3v) is 6.66. The van der Waals surface area contributed by atoms with E-state index < -0.39 is 0 Å². The third kappa shape index (κ3) is 4.77. The Bertz CT molecular complexity index is 696. The molecule has 0 saturated carbocycles. The Labute approximate surface area is 163 Å². The van der Waals surface area contributed by atoms with Gasteiger partial charge in [-0.05, 0) is 63.5 Å². The van der Waals surface area contributed by atoms with Crippen molar-refractivity contribution in [1.82, 2.24) is 0 Å². The minimum absolute atomic E-state index is 0.535. The van der Waals surface area contributed by atoms with Crippen LogP contribution in [-0.2, 0) is 0 Å². The minimum Gasteiger partial charge on any atom is -0.0897 e. The molecule has 0 heterocycles. The molecule has 0 aliphatic heterocycles. The molecule has 0 amide bonds. The summed E-state index contributed by atoms with van der Waals surface area (Å²) in [6.45, 7) is 16.5. The molecule has 0 radical (unpaired) electrons. The maximum atomic E-state index is 2.54. The van der Waals surface area contributed by atoms with Gasteiger partial charge in [0.05, 0.1) is 0 Å². The number of unbranched alkanes of at least 4 members (excludes halogenated alkanes) is 1. The first-order chi connectivity index (χ1) is 12.4. The monoisotopic (exact) mass is 368 g/mol. The molecule has 0 bridgehead atoms. The molecule has 2 aromatic carbocycles. The summed E-state index contributed by atoms with van der Waals surface area (Å²) < 4.78 is 0. The van der Waals surface area contributed by atoms with Crippen LogP contribution >= 0.6 is 8.58 Å². The molecule has 0 N–H and O–H groups in total. The van der Waals surface area contributed by atoms with Crippen molar-refractivity contribution in [3.05, 3.63) is 53.1 Å². The maximum absolute atomic E-state index is 2.54. The lowest BCUT2D eigenvalue weighted by molar-refractivity contribution is 0.816. The van der Waals surface area contributed by atoms with Gasteiger partial charge in [-0.1, -0.05) is 99.9 Å². The number of rotatable bonds is 8. The average Bonchev–Trinajstić information content (AvgIpc) is 2.61. The standard InChI is InChI=1S/C25H37P/c1-8-9-15-26-25-22(18(4)5)16-21(17(2)3)24(23(25)19(6)7)20-13-11-10-12-14-20/h10-14,16-19,26H,8-9,15H2,1-7H3. The third-order valence-electron chi connectivity index (χ3n) is 5.14. The normalized spacial score (nSPS) is 12.2. The van der Waals surface area contributed by atoms with Gasteiger partial charge >= 0.3 is 0 Å². The molecule has 1 atom stereocenters. The Balaban J connectivity index is 2.80. The lowest BCUT2D eigenvalue weighted by atomic mass is 9.81. The van der Waals surface area contributed by atoms with E-state index in [1.807, 2.05) is 0 Å². The van der Waals surface area contributed by atoms with Crippen LogP contribution in [0.25, 0.3) is 11.1 Å². The van der Waals surface area contributed by atoms with E-state index in [4.69, 9.17) is 0 Å². The van der Waals surface area contributed by atoms with Crippen molar-refractivity contribution in [3.8, 4) is 11.1 Å². The van der Waals surface area contributed by atoms with Crippen molar-refractivity contribution in [2.75, 3.05) is 6.16 Å². The first kappa shape index (κ1) is 21.2. The van der Waals surface area contributed by atoms with Gasteiger partial charge < -0.3 is 0 Å². The summed E-state index contributed by atoms with van der Waals surface area (Å²) in [4.78, 5) is 0. The van der Waals surface area contributed by atoms with Gasteiger partial charge in [0.15, 0.2) is 0 Å². The molecule has 0 aliphatic rings. The van der Waals surface area contributed by atoms with Gasteiger partial charge in [-0.2, -0.15) is 0 Å². The zero-order valence-corrected chi connectivity index (χ0v) is 18.8. The van der Waals surface area contributed by atoms with Crippen molar-refractivity contribution >= 4 is 13.9 Å². The summed E-state index contributed by atoms with van der Waals surface area (Å²) in [5.74, 6) is 1.66. The summed E-state index contributed by atoms with van der Waals surface area (Å²) in [5, 5.41) is 1.66. The van der Waals surface area contributed by atoms with E-state index in [1.165, 1.54) is 35.7 Å². The van der Waals surface area contributed by atoms with Gasteiger partial charge in [-0.3, -0.25) is 0 Å². The first-order valence-electron chi connectivity index (χ1n) is 10.4. The van der Waals surface area contributed by atoms with E-state index in [2.05, 4.69) is 84.9 Å². The first-order valence-corrected chi connectivity index (χ1v) is 11.6. The molecule has 2 aromatic rings. The second-order valence-electron chi connectivity index (χ2n) is 8.33. The second-order valence-corrected chi connectivity index (χ2v) is 9.68. The topological polar surface area (TPSA) is 0 Å². The highest BCUT2D eigenvalue weighted by Gasteiger charge is 2.23. The lowest BCUT2D eigenvalue weighted by Gasteiger charge is -2.28. The number of hydrogen-bond acceptors (Lipinski definition) is 0. The van der Waals surface area contributed by atoms with Gasteiger partial charge in [0, 0.05) is 0 Å². The number of benzene rings is 2. The van der Waals surface area contributed by atoms with Gasteiger partial charge in [-0.25, -0.2) is 0 Å². The summed E-state index contributed by atoms with van der Waals surface area (Å²) in [5.41, 5.74) is 7.62. The molecule has 0 nitrogen and oxygen atoms in total. The maximum Gasteiger partial charge on any atom is -0.0108 e. The SMILES string of the molecule is CCCCPc1c(C(C)C)cc(C(C)C)c(-c2ccccc2)c1C(C)C. The summed E-state index contributed by atoms with van der Waals surface area (Å²) >= 11 is 0. The van der Waals surface area contributed by atoms with E-state index in [-0.39, 0.29) is 0 Å². The van der Waals surface area contributed by atoms with Gasteiger partial charge in [0.2, 0.25) is 0 Å². The molecular weight excluding hydrogens is 331 g/mol. The van der Waals surface area contributed by atoms with Crippen LogP contribution in [0.3, 0.4) is 0 Å². The van der Waals surface area contributed by atoms with Gasteiger partial charge in [-0.15, -0.1) is 0 Å². The molecule has 1 unspecified atom stereocenters. The van der Waals surface area contributed by atoms with E-state index >= 15 is 0 Å². The molecule has 1 heteroatoms. The van der Waals surface area contributed by atoms with Gasteiger partial charge in [0.25, 0.3) is 0 Å². The van der Waals surface area contributed by atoms with Crippen LogP contribution in [0.4, 0.5) is 0 Å². The number of hydrogen-bond donors (Lipinski definition) is 0. The van der Waals surface area contributed by atoms with Crippen LogP contribution in [0, 0.1) is 0 Å². The van der Waals surface area contributed by atoms with Crippen molar-refractivity contribution in [2.24, 2.45) is 0 Å². The van der Waals surface area contributed by atoms with Crippen LogP contribution in [0.5, 0.6) is 0 Å². The predicted octanol–water partition coefficient (Wildman–Crippen LogP) is 7.83. The van der Waals surface area contributed by atoms with Crippen LogP contribution in [0.1, 0.15) is 95.8 Å². The quantitative estimate of drug-likeness (QED) is 0.329. The predicted molar refractivity (Wildman–Crippen MR) is 122 cm³/mol. The zero-order valence-electron chi connectivity index (χ0n) is 17.8. The highest BCUT2D eigenvalue weighted by Crippen LogP contribution is 2.40. The molecule has 142 valence electrons. The lowest BCUT2D eigenvalue weighted by Crippen LogP contribution is -2.18. The average molecular weight is 369 g/mol. The molecule has 0 aromatic heterocycles. The minimum atomic E-state index is 0.535. The Morgan fingerprint density at radius 2 is 1.42 bits per heavy atom. The van der Waals surface area contributed by atoms with E-state index in [1.54, 1.807) is 16.4 Å². The Morgan fingerprint density at radius 1 is 0.808 bits per heavy atom. The summed E-state index contributed by atoms with van der Waals surface area (Å²) in [6.07, 6.45) is 3.95. The molecule has 0 saturated heterocycles. The molecular formula is C25H37P. The van der Waals surface area contributed by atoms with Gasteiger partial charge in [0.1, 0.15) is 0 Å². The van der Waals surface area contributed by atoms with Crippen molar-refractivity contribution in [2.45, 2.75) is 79.1 Å². The van der Waals surface area contributed by atoms with Crippen LogP contribution in [-0.4, -0.2) is 6.16 Å². The zero-order chi connectivity index (χ0) is 19.3. The Hall–Kier alpha value is -1.13. The molecule has 2 rings (SSSR count). The summed E-state index contributed by atoms with van der Waals surface area (Å²) in [6, 6.07) is 13.6. The van der Waals surface area contributed by atoms with Crippen LogP contribution in [0.2, 0.25) is 0 Å². The smallest absolute Gasteiger partial charge is 0.0108 e. The Kier molecular flexibility index (Phi) is 7.90. The van der Waals surface area contributed by atoms with E-state index in [0.717, 1.165) is 8.58 Å². The highest BCUT2D eigenvalue weighted by molar-refractivity contribution is 7.47. The molecule has 0 fully saturated rings. The van der Waals surface area contributed by atoms with Crippen molar-refractivity contribution in [1.29, 1.82) is 0 Å². The van der Waals surface area contributed by atoms with Crippen molar-refractivity contribution < 1.29 is 0 Å². The molecule has 26 heavy (non-hydrogen) atoms. The van der Waals surface area contributed by atoms with Crippen LogP contribution in [0.15, 0.2) is 36.4 Å². The second kappa shape index (κ2) is 9.70. The van der Waals surface area contributed by atoms with E-state index in [9.17, 15) is 0 Å². The van der Waals surface area contributed by atoms with Crippen LogP contribution < -0.4 is 5.30 Å². The highest BCUT2D eigenvalue weighted by atomic mass is 31.1. The summed E-state index contributed by atoms with van der Waals surface area (Å²) in [7, 11) is 0.926. The Morgan fingerprint density at radius 3 is 1.92 bits per heavy atom. The van der Waals surface area contributed by atoms with Crippen molar-refractivity contribution in [3.63, 3.8) is 0 Å². The van der Waals surface area contributed by atoms with E-state index in [0.29, 0.717) is 17.8 Å². The molecule has 0 aliphatic carbocycles. The fourth-order valence-electron chi connectivity index (χ4n) is 3.75. The largest absolute Gasteiger partial charge is 0.0897 e. The molecule has 0 spiro atoms. The fourth-order valence-corrected chi connectivity index (χ4v) is 5.70.